The highest BCUT2D eigenvalue weighted by Gasteiger charge is 2.11. The molecule has 0 spiro atoms. The number of rotatable bonds is 6. The number of nitrogens with one attached hydrogen (secondary N) is 2. The highest BCUT2D eigenvalue weighted by atomic mass is 19.1. The van der Waals surface area contributed by atoms with Gasteiger partial charge in [-0.15, -0.1) is 0 Å². The van der Waals surface area contributed by atoms with Gasteiger partial charge in [0.25, 0.3) is 5.91 Å². The molecule has 1 heterocycles. The fraction of sp³-hybridized carbons (Fsp3) is 0.190. The minimum absolute atomic E-state index is 0.237. The molecule has 2 aromatic carbocycles. The van der Waals surface area contributed by atoms with Crippen molar-refractivity contribution in [1.82, 2.24) is 15.3 Å². The zero-order valence-electron chi connectivity index (χ0n) is 15.3. The maximum atomic E-state index is 13.7. The maximum absolute atomic E-state index is 13.7. The number of carbonyl (C=O) groups is 1. The first-order chi connectivity index (χ1) is 13.0. The zero-order valence-corrected chi connectivity index (χ0v) is 15.3. The predicted octanol–water partition coefficient (Wildman–Crippen LogP) is 3.77. The van der Waals surface area contributed by atoms with E-state index in [1.54, 1.807) is 31.2 Å². The van der Waals surface area contributed by atoms with E-state index in [0.29, 0.717) is 23.8 Å². The van der Waals surface area contributed by atoms with Crippen molar-refractivity contribution in [3.05, 3.63) is 88.5 Å². The van der Waals surface area contributed by atoms with Crippen LogP contribution < -0.4 is 10.6 Å². The molecule has 0 fully saturated rings. The van der Waals surface area contributed by atoms with Gasteiger partial charge in [0.2, 0.25) is 5.95 Å². The van der Waals surface area contributed by atoms with Gasteiger partial charge in [-0.25, -0.2) is 14.4 Å². The molecule has 0 aliphatic heterocycles. The van der Waals surface area contributed by atoms with Crippen LogP contribution in [0.1, 0.15) is 32.9 Å². The molecule has 3 aromatic rings. The molecule has 3 rings (SSSR count). The molecule has 0 atom stereocenters. The molecule has 0 aliphatic rings. The Morgan fingerprint density at radius 2 is 1.74 bits per heavy atom. The molecular formula is C21H21FN4O. The van der Waals surface area contributed by atoms with Crippen molar-refractivity contribution in [3.8, 4) is 0 Å². The highest BCUT2D eigenvalue weighted by Crippen LogP contribution is 2.11. The lowest BCUT2D eigenvalue weighted by Gasteiger charge is -2.09. The van der Waals surface area contributed by atoms with E-state index in [2.05, 4.69) is 20.6 Å². The molecule has 5 nitrogen and oxygen atoms in total. The fourth-order valence-electron chi connectivity index (χ4n) is 2.56. The lowest BCUT2D eigenvalue weighted by atomic mass is 10.1. The van der Waals surface area contributed by atoms with Crippen LogP contribution in [0.5, 0.6) is 0 Å². The summed E-state index contributed by atoms with van der Waals surface area (Å²) in [5.74, 6) is -0.289. The minimum atomic E-state index is -0.297. The lowest BCUT2D eigenvalue weighted by Crippen LogP contribution is -2.24. The number of anilines is 1. The van der Waals surface area contributed by atoms with Crippen molar-refractivity contribution < 1.29 is 9.18 Å². The number of benzene rings is 2. The van der Waals surface area contributed by atoms with Gasteiger partial charge in [-0.2, -0.15) is 0 Å². The number of carbonyl (C=O) groups excluding carboxylic acids is 1. The molecule has 0 saturated carbocycles. The fourth-order valence-corrected chi connectivity index (χ4v) is 2.56. The number of nitrogens with zero attached hydrogens (tertiary/aromatic N) is 2. The van der Waals surface area contributed by atoms with Crippen LogP contribution in [0.2, 0.25) is 0 Å². The Morgan fingerprint density at radius 1 is 1.00 bits per heavy atom. The largest absolute Gasteiger partial charge is 0.350 e. The molecule has 0 unspecified atom stereocenters. The molecular weight excluding hydrogens is 343 g/mol. The predicted molar refractivity (Wildman–Crippen MR) is 103 cm³/mol. The molecule has 0 saturated heterocycles. The van der Waals surface area contributed by atoms with E-state index in [1.165, 1.54) is 11.6 Å². The van der Waals surface area contributed by atoms with E-state index < -0.39 is 0 Å². The van der Waals surface area contributed by atoms with E-state index in [-0.39, 0.29) is 24.0 Å². The van der Waals surface area contributed by atoms with Crippen LogP contribution in [0.25, 0.3) is 0 Å². The van der Waals surface area contributed by atoms with Crippen LogP contribution >= 0.6 is 0 Å². The Balaban J connectivity index is 1.66. The lowest BCUT2D eigenvalue weighted by molar-refractivity contribution is 0.0945. The average molecular weight is 364 g/mol. The minimum Gasteiger partial charge on any atom is -0.350 e. The number of aromatic nitrogens is 2. The first-order valence-electron chi connectivity index (χ1n) is 8.68. The average Bonchev–Trinajstić information content (AvgIpc) is 2.66. The van der Waals surface area contributed by atoms with E-state index in [4.69, 9.17) is 0 Å². The second-order valence-electron chi connectivity index (χ2n) is 6.33. The molecule has 0 aliphatic carbocycles. The van der Waals surface area contributed by atoms with Gasteiger partial charge in [-0.05, 0) is 31.5 Å². The number of amides is 1. The number of aryl methyl sites for hydroxylation is 2. The summed E-state index contributed by atoms with van der Waals surface area (Å²) in [7, 11) is 0. The molecule has 2 N–H and O–H groups in total. The third-order valence-corrected chi connectivity index (χ3v) is 4.06. The molecule has 0 radical (unpaired) electrons. The van der Waals surface area contributed by atoms with E-state index in [9.17, 15) is 9.18 Å². The van der Waals surface area contributed by atoms with Crippen molar-refractivity contribution in [2.24, 2.45) is 0 Å². The van der Waals surface area contributed by atoms with Gasteiger partial charge in [0.15, 0.2) is 0 Å². The molecule has 0 bridgehead atoms. The molecule has 138 valence electrons. The number of hydrogen-bond donors (Lipinski definition) is 2. The van der Waals surface area contributed by atoms with Crippen LogP contribution in [-0.2, 0) is 13.1 Å². The third-order valence-electron chi connectivity index (χ3n) is 4.06. The Kier molecular flexibility index (Phi) is 5.76. The molecule has 1 amide bonds. The van der Waals surface area contributed by atoms with Gasteiger partial charge in [-0.1, -0.05) is 48.0 Å². The van der Waals surface area contributed by atoms with E-state index in [0.717, 1.165) is 5.56 Å². The van der Waals surface area contributed by atoms with Crippen molar-refractivity contribution >= 4 is 11.9 Å². The van der Waals surface area contributed by atoms with Crippen LogP contribution in [-0.4, -0.2) is 15.9 Å². The van der Waals surface area contributed by atoms with E-state index in [1.807, 2.05) is 31.2 Å². The zero-order chi connectivity index (χ0) is 19.2. The van der Waals surface area contributed by atoms with Crippen molar-refractivity contribution in [1.29, 1.82) is 0 Å². The second-order valence-corrected chi connectivity index (χ2v) is 6.33. The number of hydrogen-bond acceptors (Lipinski definition) is 4. The SMILES string of the molecule is Cc1ccc(CNC(=O)c2cc(C)nc(NCc3ccccc3F)n2)cc1. The first-order valence-corrected chi connectivity index (χ1v) is 8.68. The summed E-state index contributed by atoms with van der Waals surface area (Å²) in [4.78, 5) is 20.9. The number of halogens is 1. The van der Waals surface area contributed by atoms with Crippen molar-refractivity contribution in [3.63, 3.8) is 0 Å². The van der Waals surface area contributed by atoms with Gasteiger partial charge in [0, 0.05) is 24.3 Å². The second kappa shape index (κ2) is 8.40. The molecule has 6 heteroatoms. The first kappa shape index (κ1) is 18.5. The Hall–Kier alpha value is -3.28. The monoisotopic (exact) mass is 364 g/mol. The van der Waals surface area contributed by atoms with Gasteiger partial charge < -0.3 is 10.6 Å². The van der Waals surface area contributed by atoms with Crippen LogP contribution in [0, 0.1) is 19.7 Å². The van der Waals surface area contributed by atoms with E-state index >= 15 is 0 Å². The summed E-state index contributed by atoms with van der Waals surface area (Å²) < 4.78 is 13.7. The van der Waals surface area contributed by atoms with Crippen molar-refractivity contribution in [2.75, 3.05) is 5.32 Å². The summed E-state index contributed by atoms with van der Waals surface area (Å²) in [5.41, 5.74) is 3.61. The third kappa shape index (κ3) is 5.10. The van der Waals surface area contributed by atoms with Gasteiger partial charge >= 0.3 is 0 Å². The quantitative estimate of drug-likeness (QED) is 0.699. The smallest absolute Gasteiger partial charge is 0.270 e. The Morgan fingerprint density at radius 3 is 2.48 bits per heavy atom. The van der Waals surface area contributed by atoms with Crippen molar-refractivity contribution in [2.45, 2.75) is 26.9 Å². The van der Waals surface area contributed by atoms with Crippen LogP contribution in [0.15, 0.2) is 54.6 Å². The topological polar surface area (TPSA) is 66.9 Å². The Labute approximate surface area is 157 Å². The summed E-state index contributed by atoms with van der Waals surface area (Å²) >= 11 is 0. The van der Waals surface area contributed by atoms with Gasteiger partial charge in [0.1, 0.15) is 11.5 Å². The van der Waals surface area contributed by atoms with Crippen LogP contribution in [0.3, 0.4) is 0 Å². The maximum Gasteiger partial charge on any atom is 0.270 e. The van der Waals surface area contributed by atoms with Gasteiger partial charge in [0.05, 0.1) is 0 Å². The summed E-state index contributed by atoms with van der Waals surface area (Å²) in [6.07, 6.45) is 0. The summed E-state index contributed by atoms with van der Waals surface area (Å²) in [6.45, 7) is 4.45. The summed E-state index contributed by atoms with van der Waals surface area (Å²) in [6, 6.07) is 16.1. The van der Waals surface area contributed by atoms with Crippen LogP contribution in [0.4, 0.5) is 10.3 Å². The molecule has 1 aromatic heterocycles. The normalized spacial score (nSPS) is 10.5. The summed E-state index contributed by atoms with van der Waals surface area (Å²) in [5, 5.41) is 5.83. The standard InChI is InChI=1S/C21H21FN4O/c1-14-7-9-16(10-8-14)12-23-20(27)19-11-15(2)25-21(26-19)24-13-17-5-3-4-6-18(17)22/h3-11H,12-13H2,1-2H3,(H,23,27)(H,24,25,26). The molecule has 27 heavy (non-hydrogen) atoms. The van der Waals surface area contributed by atoms with Gasteiger partial charge in [-0.3, -0.25) is 4.79 Å². The highest BCUT2D eigenvalue weighted by molar-refractivity contribution is 5.92. The Bertz CT molecular complexity index is 941.